The number of aromatic nitrogens is 1. The lowest BCUT2D eigenvalue weighted by Crippen LogP contribution is -2.40. The summed E-state index contributed by atoms with van der Waals surface area (Å²) in [5.74, 6) is -1.41. The first-order valence-corrected chi connectivity index (χ1v) is 16.2. The number of aliphatic carboxylic acids is 1. The zero-order valence-corrected chi connectivity index (χ0v) is 26.9. The summed E-state index contributed by atoms with van der Waals surface area (Å²) < 4.78 is 1.87. The number of carboxylic acids is 1. The van der Waals surface area contributed by atoms with E-state index in [0.717, 1.165) is 49.7 Å². The Morgan fingerprint density at radius 2 is 1.42 bits per heavy atom. The van der Waals surface area contributed by atoms with Gasteiger partial charge in [-0.05, 0) is 101 Å². The van der Waals surface area contributed by atoms with Crippen LogP contribution in [-0.2, 0) is 17.6 Å². The van der Waals surface area contributed by atoms with E-state index in [2.05, 4.69) is 37.8 Å². The van der Waals surface area contributed by atoms with Crippen molar-refractivity contribution in [3.63, 3.8) is 0 Å². The number of carboxylic acid groups (broad SMARTS) is 1. The van der Waals surface area contributed by atoms with Gasteiger partial charge in [-0.15, -0.1) is 0 Å². The average Bonchev–Trinajstić information content (AvgIpc) is 3.36. The summed E-state index contributed by atoms with van der Waals surface area (Å²) in [7, 11) is 0. The number of hydrogen-bond donors (Lipinski definition) is 1. The second kappa shape index (κ2) is 17.0. The highest BCUT2D eigenvalue weighted by atomic mass is 16.4. The van der Waals surface area contributed by atoms with Crippen molar-refractivity contribution in [1.82, 2.24) is 14.2 Å². The maximum absolute atomic E-state index is 13.9. The van der Waals surface area contributed by atoms with Gasteiger partial charge in [0.15, 0.2) is 0 Å². The second-order valence-corrected chi connectivity index (χ2v) is 11.9. The molecule has 0 spiro atoms. The van der Waals surface area contributed by atoms with E-state index >= 15 is 0 Å². The number of hydrogen-bond acceptors (Lipinski definition) is 4. The van der Waals surface area contributed by atoms with E-state index in [9.17, 15) is 19.5 Å². The minimum atomic E-state index is -1.05. The lowest BCUT2D eigenvalue weighted by Gasteiger charge is -2.25. The molecule has 1 aromatic carbocycles. The van der Waals surface area contributed by atoms with Crippen LogP contribution in [0, 0.1) is 0 Å². The number of aryl methyl sites for hydroxylation is 2. The number of rotatable bonds is 19. The zero-order valence-electron chi connectivity index (χ0n) is 26.9. The largest absolute Gasteiger partial charge is 0.480 e. The normalized spacial score (nSPS) is 11.5. The van der Waals surface area contributed by atoms with Crippen LogP contribution >= 0.6 is 0 Å². The molecule has 0 radical (unpaired) electrons. The fourth-order valence-electron chi connectivity index (χ4n) is 5.55. The SMILES string of the molecule is CCCCc1cc2cc(C(=O)N(CC(=O)O)C(C)C)ccn2c1C(=O)c1ccc(CCCN(CCCC)CCCC)cc1. The van der Waals surface area contributed by atoms with E-state index in [0.29, 0.717) is 16.8 Å². The second-order valence-electron chi connectivity index (χ2n) is 11.9. The van der Waals surface area contributed by atoms with Crippen LogP contribution in [0.1, 0.15) is 117 Å². The molecule has 0 saturated carbocycles. The van der Waals surface area contributed by atoms with Gasteiger partial charge in [-0.25, -0.2) is 0 Å². The Morgan fingerprint density at radius 1 is 0.791 bits per heavy atom. The number of benzene rings is 1. The van der Waals surface area contributed by atoms with Crippen molar-refractivity contribution in [2.45, 2.75) is 98.4 Å². The zero-order chi connectivity index (χ0) is 31.4. The summed E-state index contributed by atoms with van der Waals surface area (Å²) in [5, 5.41) is 9.29. The minimum absolute atomic E-state index is 0.0308. The van der Waals surface area contributed by atoms with Crippen LogP contribution < -0.4 is 0 Å². The smallest absolute Gasteiger partial charge is 0.323 e. The molecule has 3 rings (SSSR count). The minimum Gasteiger partial charge on any atom is -0.480 e. The van der Waals surface area contributed by atoms with E-state index in [1.165, 1.54) is 49.2 Å². The molecule has 7 heteroatoms. The molecule has 0 atom stereocenters. The van der Waals surface area contributed by atoms with E-state index in [4.69, 9.17) is 0 Å². The lowest BCUT2D eigenvalue weighted by atomic mass is 10.00. The third-order valence-electron chi connectivity index (χ3n) is 8.12. The van der Waals surface area contributed by atoms with Crippen molar-refractivity contribution >= 4 is 23.2 Å². The van der Waals surface area contributed by atoms with Gasteiger partial charge in [0.1, 0.15) is 6.54 Å². The summed E-state index contributed by atoms with van der Waals surface area (Å²) in [6.07, 6.45) is 11.5. The predicted octanol–water partition coefficient (Wildman–Crippen LogP) is 7.28. The van der Waals surface area contributed by atoms with Gasteiger partial charge in [0.2, 0.25) is 5.78 Å². The maximum atomic E-state index is 13.9. The van der Waals surface area contributed by atoms with E-state index in [1.807, 2.05) is 22.6 Å². The van der Waals surface area contributed by atoms with Crippen molar-refractivity contribution in [2.75, 3.05) is 26.2 Å². The fourth-order valence-corrected chi connectivity index (χ4v) is 5.55. The third-order valence-corrected chi connectivity index (χ3v) is 8.12. The molecule has 0 aliphatic rings. The summed E-state index contributed by atoms with van der Waals surface area (Å²) in [6.45, 7) is 13.3. The first-order chi connectivity index (χ1) is 20.7. The maximum Gasteiger partial charge on any atom is 0.323 e. The number of amides is 1. The van der Waals surface area contributed by atoms with Gasteiger partial charge in [0.25, 0.3) is 5.91 Å². The Morgan fingerprint density at radius 3 is 2.00 bits per heavy atom. The number of pyridine rings is 1. The molecular formula is C36H51N3O4. The highest BCUT2D eigenvalue weighted by molar-refractivity contribution is 6.10. The average molecular weight is 590 g/mol. The molecule has 0 aliphatic carbocycles. The summed E-state index contributed by atoms with van der Waals surface area (Å²) in [4.78, 5) is 42.4. The standard InChI is InChI=1S/C36H51N3O4/c1-6-9-14-30-24-32-25-31(36(43)39(27(4)5)26-33(40)41)19-23-38(32)34(30)35(42)29-17-15-28(16-18-29)13-12-22-37(20-10-7-2)21-11-8-3/h15-19,23-25,27H,6-14,20-22,26H2,1-5H3,(H,40,41). The fraction of sp³-hybridized carbons (Fsp3) is 0.528. The third kappa shape index (κ3) is 9.52. The quantitative estimate of drug-likeness (QED) is 0.149. The number of carbonyl (C=O) groups is 3. The van der Waals surface area contributed by atoms with Crippen LogP contribution in [0.4, 0.5) is 0 Å². The molecule has 0 aliphatic heterocycles. The molecule has 1 amide bonds. The van der Waals surface area contributed by atoms with Crippen LogP contribution in [0.3, 0.4) is 0 Å². The molecule has 2 aromatic heterocycles. The summed E-state index contributed by atoms with van der Waals surface area (Å²) in [6, 6.07) is 13.2. The molecule has 0 unspecified atom stereocenters. The van der Waals surface area contributed by atoms with Crippen molar-refractivity contribution in [3.05, 3.63) is 76.6 Å². The Labute approximate surface area is 257 Å². The molecule has 234 valence electrons. The molecule has 0 bridgehead atoms. The topological polar surface area (TPSA) is 82.3 Å². The first-order valence-electron chi connectivity index (χ1n) is 16.2. The number of nitrogens with zero attached hydrogens (tertiary/aromatic N) is 3. The van der Waals surface area contributed by atoms with Crippen molar-refractivity contribution < 1.29 is 19.5 Å². The highest BCUT2D eigenvalue weighted by Gasteiger charge is 2.24. The van der Waals surface area contributed by atoms with Gasteiger partial charge in [0.05, 0.1) is 5.69 Å². The van der Waals surface area contributed by atoms with E-state index in [1.54, 1.807) is 32.2 Å². The highest BCUT2D eigenvalue weighted by Crippen LogP contribution is 2.24. The Balaban J connectivity index is 1.80. The van der Waals surface area contributed by atoms with Gasteiger partial charge in [-0.3, -0.25) is 14.4 Å². The Kier molecular flexibility index (Phi) is 13.5. The molecular weight excluding hydrogens is 538 g/mol. The monoisotopic (exact) mass is 589 g/mol. The summed E-state index contributed by atoms with van der Waals surface area (Å²) >= 11 is 0. The van der Waals surface area contributed by atoms with Crippen LogP contribution in [0.5, 0.6) is 0 Å². The van der Waals surface area contributed by atoms with Gasteiger partial charge in [-0.2, -0.15) is 0 Å². The van der Waals surface area contributed by atoms with Crippen molar-refractivity contribution in [3.8, 4) is 0 Å². The lowest BCUT2D eigenvalue weighted by molar-refractivity contribution is -0.138. The summed E-state index contributed by atoms with van der Waals surface area (Å²) in [5.41, 5.74) is 4.66. The Hall–Kier alpha value is -3.45. The van der Waals surface area contributed by atoms with Crippen LogP contribution in [-0.4, -0.2) is 69.2 Å². The van der Waals surface area contributed by atoms with Crippen LogP contribution in [0.2, 0.25) is 0 Å². The van der Waals surface area contributed by atoms with Crippen LogP contribution in [0.15, 0.2) is 48.7 Å². The number of carbonyl (C=O) groups excluding carboxylic acids is 2. The van der Waals surface area contributed by atoms with Crippen LogP contribution in [0.25, 0.3) is 5.52 Å². The molecule has 1 N–H and O–H groups in total. The van der Waals surface area contributed by atoms with Gasteiger partial charge in [0, 0.05) is 28.9 Å². The molecule has 43 heavy (non-hydrogen) atoms. The van der Waals surface area contributed by atoms with Crippen molar-refractivity contribution in [2.24, 2.45) is 0 Å². The number of ketones is 1. The van der Waals surface area contributed by atoms with E-state index < -0.39 is 5.97 Å². The molecule has 3 aromatic rings. The van der Waals surface area contributed by atoms with Crippen molar-refractivity contribution in [1.29, 1.82) is 0 Å². The molecule has 2 heterocycles. The van der Waals surface area contributed by atoms with Gasteiger partial charge in [-0.1, -0.05) is 64.3 Å². The van der Waals surface area contributed by atoms with Gasteiger partial charge < -0.3 is 19.3 Å². The molecule has 0 saturated heterocycles. The van der Waals surface area contributed by atoms with Gasteiger partial charge >= 0.3 is 5.97 Å². The Bertz CT molecular complexity index is 1330. The first kappa shape index (κ1) is 34.0. The predicted molar refractivity (Wildman–Crippen MR) is 174 cm³/mol. The molecule has 0 fully saturated rings. The molecule has 7 nitrogen and oxygen atoms in total. The number of fused-ring (bicyclic) bond motifs is 1. The number of unbranched alkanes of at least 4 members (excludes halogenated alkanes) is 3. The van der Waals surface area contributed by atoms with E-state index in [-0.39, 0.29) is 24.3 Å².